The first kappa shape index (κ1) is 29.5. The highest BCUT2D eigenvalue weighted by atomic mass is 32.1. The number of ketones is 2. The Hall–Kier alpha value is -5.90. The molecule has 2 aromatic carbocycles. The van der Waals surface area contributed by atoms with Gasteiger partial charge in [0.15, 0.2) is 11.6 Å². The van der Waals surface area contributed by atoms with Crippen LogP contribution in [0.1, 0.15) is 84.8 Å². The molecule has 2 aromatic heterocycles. The first-order valence-electron chi connectivity index (χ1n) is 15.5. The number of rotatable bonds is 2. The molecule has 1 saturated carbocycles. The van der Waals surface area contributed by atoms with Crippen molar-refractivity contribution in [2.45, 2.75) is 37.5 Å². The van der Waals surface area contributed by atoms with E-state index in [1.807, 2.05) is 36.4 Å². The van der Waals surface area contributed by atoms with Gasteiger partial charge in [0, 0.05) is 58.3 Å². The third kappa shape index (κ3) is 4.11. The van der Waals surface area contributed by atoms with E-state index in [-0.39, 0.29) is 28.4 Å². The lowest BCUT2D eigenvalue weighted by molar-refractivity contribution is 0.103. The fraction of sp³-hybridized carbons (Fsp3) is 0.150. The Bertz CT molecular complexity index is 2270. The molecule has 6 nitrogen and oxygen atoms in total. The number of allylic oxidation sites excluding steroid dienone is 6. The van der Waals surface area contributed by atoms with Crippen LogP contribution in [-0.4, -0.2) is 11.6 Å². The highest BCUT2D eigenvalue weighted by Crippen LogP contribution is 2.61. The highest BCUT2D eigenvalue weighted by molar-refractivity contribution is 7.23. The largest absolute Gasteiger partial charge is 0.289 e. The van der Waals surface area contributed by atoms with Gasteiger partial charge < -0.3 is 0 Å². The third-order valence-corrected chi connectivity index (χ3v) is 12.2. The highest BCUT2D eigenvalue weighted by Gasteiger charge is 2.46. The van der Waals surface area contributed by atoms with Gasteiger partial charge in [0.1, 0.15) is 0 Å². The Morgan fingerprint density at radius 2 is 1.10 bits per heavy atom. The van der Waals surface area contributed by atoms with Gasteiger partial charge in [-0.05, 0) is 59.4 Å². The number of carbonyl (C=O) groups is 2. The summed E-state index contributed by atoms with van der Waals surface area (Å²) < 4.78 is 0. The van der Waals surface area contributed by atoms with Crippen LogP contribution in [0.25, 0.3) is 42.7 Å². The van der Waals surface area contributed by atoms with Crippen LogP contribution in [0.4, 0.5) is 0 Å². The average molecular weight is 655 g/mol. The van der Waals surface area contributed by atoms with Crippen molar-refractivity contribution in [1.82, 2.24) is 0 Å². The van der Waals surface area contributed by atoms with E-state index in [1.165, 1.54) is 11.1 Å². The van der Waals surface area contributed by atoms with E-state index in [0.29, 0.717) is 44.5 Å². The van der Waals surface area contributed by atoms with Crippen molar-refractivity contribution in [1.29, 1.82) is 10.5 Å². The molecule has 0 unspecified atom stereocenters. The second kappa shape index (κ2) is 11.1. The Labute approximate surface area is 285 Å². The number of hydrogen-bond acceptors (Lipinski definition) is 6. The van der Waals surface area contributed by atoms with E-state index in [4.69, 9.17) is 13.1 Å². The van der Waals surface area contributed by atoms with Gasteiger partial charge in [-0.25, -0.2) is 20.2 Å². The van der Waals surface area contributed by atoms with Gasteiger partial charge in [0.2, 0.25) is 0 Å². The van der Waals surface area contributed by atoms with Crippen molar-refractivity contribution in [3.63, 3.8) is 0 Å². The number of nitriles is 2. The van der Waals surface area contributed by atoms with Crippen molar-refractivity contribution in [3.05, 3.63) is 149 Å². The van der Waals surface area contributed by atoms with Crippen LogP contribution in [0, 0.1) is 35.8 Å². The third-order valence-electron chi connectivity index (χ3n) is 9.84. The molecule has 226 valence electrons. The minimum absolute atomic E-state index is 0.0968. The molecule has 4 aliphatic rings. The van der Waals surface area contributed by atoms with Gasteiger partial charge in [-0.2, -0.15) is 0 Å². The summed E-state index contributed by atoms with van der Waals surface area (Å²) >= 11 is 3.21. The summed E-state index contributed by atoms with van der Waals surface area (Å²) in [4.78, 5) is 38.3. The molecule has 4 aromatic rings. The maximum Gasteiger partial charge on any atom is 0.270 e. The molecule has 4 aliphatic carbocycles. The van der Waals surface area contributed by atoms with Crippen LogP contribution in [-0.2, 0) is 5.41 Å². The zero-order valence-corrected chi connectivity index (χ0v) is 27.0. The van der Waals surface area contributed by atoms with Gasteiger partial charge in [0.05, 0.1) is 25.3 Å². The Kier molecular flexibility index (Phi) is 6.83. The van der Waals surface area contributed by atoms with Crippen LogP contribution in [0.2, 0.25) is 0 Å². The Morgan fingerprint density at radius 1 is 0.688 bits per heavy atom. The van der Waals surface area contributed by atoms with E-state index in [1.54, 1.807) is 59.1 Å². The normalized spacial score (nSPS) is 20.4. The van der Waals surface area contributed by atoms with Crippen molar-refractivity contribution in [3.8, 4) is 21.9 Å². The monoisotopic (exact) mass is 654 g/mol. The summed E-state index contributed by atoms with van der Waals surface area (Å²) in [5, 5.41) is 19.6. The molecule has 0 amide bonds. The number of fused-ring (bicyclic) bond motifs is 7. The quantitative estimate of drug-likeness (QED) is 0.122. The molecular formula is C40H22N4O2S2. The SMILES string of the molecule is [C-]#[N+]/C(C#N)=C1\C(=C\c2cc3c(s2)-c2sc(/C=C4\C(=O)c5ccccc5\C4=C(\C#N)[N+]#[C-])cc2C32CCCCC2)C(=O)c2ccccc21. The zero-order valence-electron chi connectivity index (χ0n) is 25.4. The lowest BCUT2D eigenvalue weighted by Crippen LogP contribution is -2.27. The zero-order chi connectivity index (χ0) is 33.2. The maximum absolute atomic E-state index is 13.6. The van der Waals surface area contributed by atoms with Crippen LogP contribution < -0.4 is 0 Å². The molecule has 0 bridgehead atoms. The molecule has 2 heterocycles. The minimum Gasteiger partial charge on any atom is -0.289 e. The number of thiophene rings is 2. The van der Waals surface area contributed by atoms with E-state index in [9.17, 15) is 20.1 Å². The summed E-state index contributed by atoms with van der Waals surface area (Å²) in [6.45, 7) is 15.3. The van der Waals surface area contributed by atoms with Gasteiger partial charge in [-0.1, -0.05) is 67.8 Å². The summed E-state index contributed by atoms with van der Waals surface area (Å²) in [5.41, 5.74) is 5.86. The molecule has 8 heteroatoms. The number of hydrogen-bond donors (Lipinski definition) is 0. The lowest BCUT2D eigenvalue weighted by atomic mass is 9.68. The Morgan fingerprint density at radius 3 is 1.50 bits per heavy atom. The molecule has 48 heavy (non-hydrogen) atoms. The van der Waals surface area contributed by atoms with Crippen LogP contribution in [0.5, 0.6) is 0 Å². The van der Waals surface area contributed by atoms with Gasteiger partial charge in [-0.15, -0.1) is 22.7 Å². The predicted molar refractivity (Wildman–Crippen MR) is 187 cm³/mol. The molecule has 1 spiro atoms. The van der Waals surface area contributed by atoms with Gasteiger partial charge in [0.25, 0.3) is 11.4 Å². The number of benzene rings is 2. The van der Waals surface area contributed by atoms with Crippen LogP contribution >= 0.6 is 22.7 Å². The molecule has 0 radical (unpaired) electrons. The van der Waals surface area contributed by atoms with Crippen LogP contribution in [0.3, 0.4) is 0 Å². The van der Waals surface area contributed by atoms with Crippen LogP contribution in [0.15, 0.2) is 83.2 Å². The van der Waals surface area contributed by atoms with E-state index >= 15 is 0 Å². The number of carbonyl (C=O) groups excluding carboxylic acids is 2. The fourth-order valence-electron chi connectivity index (χ4n) is 7.80. The van der Waals surface area contributed by atoms with Gasteiger partial charge in [-0.3, -0.25) is 9.59 Å². The van der Waals surface area contributed by atoms with E-state index in [2.05, 4.69) is 21.8 Å². The standard InChI is InChI=1S/C40H22N4O2S2/c1-43-32(20-41)34-24-10-4-6-12-26(24)36(45)28(34)16-22-18-30-38(47-22)39-31(40(30)14-8-3-9-15-40)19-23(48-39)17-29-35(33(21-42)44-2)25-11-5-7-13-27(25)37(29)46/h4-7,10-13,16-19H,3,8-9,14-15H2/b28-16-,29-17-,34-32-,35-33+. The molecular weight excluding hydrogens is 633 g/mol. The van der Waals surface area contributed by atoms with Crippen molar-refractivity contribution in [2.75, 3.05) is 0 Å². The molecule has 1 fully saturated rings. The van der Waals surface area contributed by atoms with Gasteiger partial charge >= 0.3 is 0 Å². The first-order valence-corrected chi connectivity index (χ1v) is 17.1. The average Bonchev–Trinajstić information content (AvgIpc) is 3.90. The molecule has 0 saturated heterocycles. The van der Waals surface area contributed by atoms with E-state index in [0.717, 1.165) is 51.6 Å². The van der Waals surface area contributed by atoms with Crippen molar-refractivity contribution in [2.24, 2.45) is 0 Å². The summed E-state index contributed by atoms with van der Waals surface area (Å²) in [7, 11) is 0. The summed E-state index contributed by atoms with van der Waals surface area (Å²) in [5.74, 6) is -0.378. The lowest BCUT2D eigenvalue weighted by Gasteiger charge is -2.34. The smallest absolute Gasteiger partial charge is 0.270 e. The molecule has 0 atom stereocenters. The summed E-state index contributed by atoms with van der Waals surface area (Å²) in [6, 6.07) is 22.6. The molecule has 0 N–H and O–H groups in total. The Balaban J connectivity index is 1.28. The fourth-order valence-corrected chi connectivity index (χ4v) is 10.4. The number of Topliss-reactive ketones (excluding diaryl/α,β-unsaturated/α-hetero) is 2. The molecule has 8 rings (SSSR count). The minimum atomic E-state index is -0.189. The number of nitrogens with zero attached hydrogens (tertiary/aromatic N) is 4. The van der Waals surface area contributed by atoms with Crippen molar-refractivity contribution >= 4 is 57.5 Å². The maximum atomic E-state index is 13.6. The summed E-state index contributed by atoms with van der Waals surface area (Å²) in [6.07, 6.45) is 9.01. The van der Waals surface area contributed by atoms with E-state index < -0.39 is 0 Å². The van der Waals surface area contributed by atoms with Crippen molar-refractivity contribution < 1.29 is 9.59 Å². The topological polar surface area (TPSA) is 90.4 Å². The second-order valence-corrected chi connectivity index (χ2v) is 14.4. The predicted octanol–water partition coefficient (Wildman–Crippen LogP) is 9.91. The first-order chi connectivity index (χ1) is 23.4. The second-order valence-electron chi connectivity index (χ2n) is 12.2. The molecule has 0 aliphatic heterocycles.